The first-order valence-electron chi connectivity index (χ1n) is 5.75. The summed E-state index contributed by atoms with van der Waals surface area (Å²) < 4.78 is 23.5. The van der Waals surface area contributed by atoms with E-state index in [1.807, 2.05) is 0 Å². The van der Waals surface area contributed by atoms with Crippen molar-refractivity contribution in [1.29, 1.82) is 0 Å². The fourth-order valence-corrected chi connectivity index (χ4v) is 3.42. The monoisotopic (exact) mass is 255 g/mol. The first-order chi connectivity index (χ1) is 8.00. The Balaban J connectivity index is 2.49. The third-order valence-electron chi connectivity index (χ3n) is 3.08. The Morgan fingerprint density at radius 2 is 2.12 bits per heavy atom. The van der Waals surface area contributed by atoms with Crippen molar-refractivity contribution in [1.82, 2.24) is 5.32 Å². The molecule has 0 amide bonds. The van der Waals surface area contributed by atoms with Crippen LogP contribution in [-0.2, 0) is 9.84 Å². The van der Waals surface area contributed by atoms with E-state index in [1.165, 1.54) is 6.07 Å². The predicted octanol–water partition coefficient (Wildman–Crippen LogP) is 1.61. The molecule has 0 radical (unpaired) electrons. The topological polar surface area (TPSA) is 66.4 Å². The van der Waals surface area contributed by atoms with Gasteiger partial charge in [0, 0.05) is 12.3 Å². The van der Waals surface area contributed by atoms with E-state index in [2.05, 4.69) is 5.32 Å². The second-order valence-electron chi connectivity index (χ2n) is 4.47. The van der Waals surface area contributed by atoms with Gasteiger partial charge in [-0.1, -0.05) is 18.6 Å². The van der Waals surface area contributed by atoms with Gasteiger partial charge in [0.05, 0.1) is 0 Å². The number of hydrogen-bond donors (Lipinski definition) is 2. The van der Waals surface area contributed by atoms with Gasteiger partial charge in [-0.25, -0.2) is 8.42 Å². The maximum Gasteiger partial charge on any atom is 0.179 e. The summed E-state index contributed by atoms with van der Waals surface area (Å²) in [7, 11) is -3.40. The number of rotatable bonds is 2. The van der Waals surface area contributed by atoms with Crippen LogP contribution in [0.5, 0.6) is 5.75 Å². The fraction of sp³-hybridized carbons (Fsp3) is 0.500. The molecule has 1 aromatic rings. The molecule has 1 aliphatic heterocycles. The number of hydrogen-bond acceptors (Lipinski definition) is 4. The molecular weight excluding hydrogens is 238 g/mol. The van der Waals surface area contributed by atoms with E-state index >= 15 is 0 Å². The summed E-state index contributed by atoms with van der Waals surface area (Å²) in [5.74, 6) is -0.155. The molecule has 1 atom stereocenters. The number of aromatic hydroxyl groups is 1. The van der Waals surface area contributed by atoms with Crippen molar-refractivity contribution in [2.45, 2.75) is 30.2 Å². The zero-order chi connectivity index (χ0) is 12.5. The molecular formula is C12H17NO3S. The van der Waals surface area contributed by atoms with E-state index in [0.29, 0.717) is 5.56 Å². The van der Waals surface area contributed by atoms with E-state index in [1.54, 1.807) is 12.1 Å². The normalized spacial score (nSPS) is 21.4. The standard InChI is InChI=1S/C12H17NO3S/c1-17(15,16)12-9(5-4-7-11(12)14)10-6-2-3-8-13-10/h4-5,7,10,13-14H,2-3,6,8H2,1H3. The van der Waals surface area contributed by atoms with Crippen LogP contribution in [0.1, 0.15) is 30.9 Å². The largest absolute Gasteiger partial charge is 0.507 e. The molecule has 5 heteroatoms. The highest BCUT2D eigenvalue weighted by Crippen LogP contribution is 2.33. The summed E-state index contributed by atoms with van der Waals surface area (Å²) in [4.78, 5) is 0.0689. The van der Waals surface area contributed by atoms with Crippen molar-refractivity contribution in [3.8, 4) is 5.75 Å². The minimum atomic E-state index is -3.40. The molecule has 17 heavy (non-hydrogen) atoms. The highest BCUT2D eigenvalue weighted by atomic mass is 32.2. The third kappa shape index (κ3) is 2.61. The summed E-state index contributed by atoms with van der Waals surface area (Å²) in [5.41, 5.74) is 0.687. The van der Waals surface area contributed by atoms with Gasteiger partial charge in [-0.15, -0.1) is 0 Å². The lowest BCUT2D eigenvalue weighted by Gasteiger charge is -2.25. The lowest BCUT2D eigenvalue weighted by Crippen LogP contribution is -2.28. The Morgan fingerprint density at radius 1 is 1.35 bits per heavy atom. The Kier molecular flexibility index (Phi) is 3.40. The predicted molar refractivity (Wildman–Crippen MR) is 65.8 cm³/mol. The van der Waals surface area contributed by atoms with Crippen LogP contribution >= 0.6 is 0 Å². The molecule has 0 bridgehead atoms. The first-order valence-corrected chi connectivity index (χ1v) is 7.64. The number of phenols is 1. The number of piperidine rings is 1. The van der Waals surface area contributed by atoms with E-state index in [0.717, 1.165) is 32.1 Å². The van der Waals surface area contributed by atoms with Crippen molar-refractivity contribution in [2.24, 2.45) is 0 Å². The van der Waals surface area contributed by atoms with Crippen LogP contribution in [-0.4, -0.2) is 26.3 Å². The van der Waals surface area contributed by atoms with Crippen LogP contribution in [0.15, 0.2) is 23.1 Å². The number of benzene rings is 1. The van der Waals surface area contributed by atoms with Crippen molar-refractivity contribution in [3.05, 3.63) is 23.8 Å². The molecule has 2 rings (SSSR count). The number of sulfone groups is 1. The average molecular weight is 255 g/mol. The molecule has 0 aromatic heterocycles. The van der Waals surface area contributed by atoms with Crippen LogP contribution in [0, 0.1) is 0 Å². The molecule has 2 N–H and O–H groups in total. The summed E-state index contributed by atoms with van der Waals surface area (Å²) in [6.07, 6.45) is 4.24. The second-order valence-corrected chi connectivity index (χ2v) is 6.42. The van der Waals surface area contributed by atoms with Gasteiger partial charge in [-0.3, -0.25) is 0 Å². The average Bonchev–Trinajstić information content (AvgIpc) is 2.28. The Morgan fingerprint density at radius 3 is 2.71 bits per heavy atom. The molecule has 1 aliphatic rings. The second kappa shape index (κ2) is 4.66. The molecule has 0 saturated carbocycles. The SMILES string of the molecule is CS(=O)(=O)c1c(O)cccc1C1CCCCN1. The molecule has 0 spiro atoms. The van der Waals surface area contributed by atoms with Crippen LogP contribution in [0.2, 0.25) is 0 Å². The summed E-state index contributed by atoms with van der Waals surface area (Å²) in [5, 5.41) is 13.1. The van der Waals surface area contributed by atoms with Crippen LogP contribution in [0.3, 0.4) is 0 Å². The van der Waals surface area contributed by atoms with Gasteiger partial charge in [0.25, 0.3) is 0 Å². The zero-order valence-corrected chi connectivity index (χ0v) is 10.6. The van der Waals surface area contributed by atoms with Gasteiger partial charge in [0.2, 0.25) is 0 Å². The van der Waals surface area contributed by atoms with E-state index in [-0.39, 0.29) is 16.7 Å². The highest BCUT2D eigenvalue weighted by Gasteiger charge is 2.24. The maximum absolute atomic E-state index is 11.7. The number of nitrogens with one attached hydrogen (secondary N) is 1. The van der Waals surface area contributed by atoms with Crippen molar-refractivity contribution in [3.63, 3.8) is 0 Å². The fourth-order valence-electron chi connectivity index (χ4n) is 2.34. The molecule has 1 heterocycles. The quantitative estimate of drug-likeness (QED) is 0.842. The molecule has 1 fully saturated rings. The van der Waals surface area contributed by atoms with Crippen molar-refractivity contribution >= 4 is 9.84 Å². The summed E-state index contributed by atoms with van der Waals surface area (Å²) in [6, 6.07) is 4.91. The van der Waals surface area contributed by atoms with Crippen LogP contribution in [0.4, 0.5) is 0 Å². The zero-order valence-electron chi connectivity index (χ0n) is 9.81. The molecule has 94 valence electrons. The minimum Gasteiger partial charge on any atom is -0.507 e. The van der Waals surface area contributed by atoms with Gasteiger partial charge in [-0.05, 0) is 31.0 Å². The van der Waals surface area contributed by atoms with Gasteiger partial charge >= 0.3 is 0 Å². The Labute approximate surface area is 102 Å². The van der Waals surface area contributed by atoms with Gasteiger partial charge in [-0.2, -0.15) is 0 Å². The molecule has 1 saturated heterocycles. The maximum atomic E-state index is 11.7. The molecule has 0 aliphatic carbocycles. The molecule has 1 unspecified atom stereocenters. The molecule has 1 aromatic carbocycles. The Hall–Kier alpha value is -1.07. The van der Waals surface area contributed by atoms with Crippen molar-refractivity contribution in [2.75, 3.05) is 12.8 Å². The third-order valence-corrected chi connectivity index (χ3v) is 4.27. The number of phenolic OH excluding ortho intramolecular Hbond substituents is 1. The van der Waals surface area contributed by atoms with E-state index < -0.39 is 9.84 Å². The van der Waals surface area contributed by atoms with E-state index in [9.17, 15) is 13.5 Å². The van der Waals surface area contributed by atoms with Crippen LogP contribution < -0.4 is 5.32 Å². The van der Waals surface area contributed by atoms with Crippen LogP contribution in [0.25, 0.3) is 0 Å². The highest BCUT2D eigenvalue weighted by molar-refractivity contribution is 7.90. The Bertz CT molecular complexity index is 504. The van der Waals surface area contributed by atoms with Crippen molar-refractivity contribution < 1.29 is 13.5 Å². The first kappa shape index (κ1) is 12.4. The lowest BCUT2D eigenvalue weighted by molar-refractivity contribution is 0.400. The van der Waals surface area contributed by atoms with Gasteiger partial charge in [0.15, 0.2) is 9.84 Å². The summed E-state index contributed by atoms with van der Waals surface area (Å²) in [6.45, 7) is 0.892. The van der Waals surface area contributed by atoms with Gasteiger partial charge < -0.3 is 10.4 Å². The smallest absolute Gasteiger partial charge is 0.179 e. The van der Waals surface area contributed by atoms with E-state index in [4.69, 9.17) is 0 Å². The lowest BCUT2D eigenvalue weighted by atomic mass is 9.97. The molecule has 4 nitrogen and oxygen atoms in total. The summed E-state index contributed by atoms with van der Waals surface area (Å²) >= 11 is 0. The van der Waals surface area contributed by atoms with Gasteiger partial charge in [0.1, 0.15) is 10.6 Å². The minimum absolute atomic E-state index is 0.0283.